The third-order valence-corrected chi connectivity index (χ3v) is 3.12. The van der Waals surface area contributed by atoms with E-state index in [2.05, 4.69) is 0 Å². The minimum Gasteiger partial charge on any atom is -0.496 e. The fourth-order valence-corrected chi connectivity index (χ4v) is 1.91. The predicted molar refractivity (Wildman–Crippen MR) is 59.0 cm³/mol. The van der Waals surface area contributed by atoms with Crippen molar-refractivity contribution in [2.75, 3.05) is 7.11 Å². The van der Waals surface area contributed by atoms with Gasteiger partial charge in [0.25, 0.3) is 0 Å². The Morgan fingerprint density at radius 3 is 2.73 bits per heavy atom. The van der Waals surface area contributed by atoms with Crippen LogP contribution in [0, 0.1) is 5.92 Å². The quantitative estimate of drug-likeness (QED) is 0.753. The zero-order valence-corrected chi connectivity index (χ0v) is 9.03. The van der Waals surface area contributed by atoms with Crippen LogP contribution in [0.3, 0.4) is 0 Å². The maximum atomic E-state index is 11.8. The molecule has 1 aliphatic carbocycles. The molecule has 0 spiro atoms. The van der Waals surface area contributed by atoms with Crippen molar-refractivity contribution in [1.29, 1.82) is 0 Å². The Balaban J connectivity index is 2.05. The Hall–Kier alpha value is -1.31. The van der Waals surface area contributed by atoms with Crippen LogP contribution < -0.4 is 4.74 Å². The van der Waals surface area contributed by atoms with Gasteiger partial charge in [-0.05, 0) is 18.9 Å². The van der Waals surface area contributed by atoms with Crippen LogP contribution in [0.15, 0.2) is 24.3 Å². The number of hydrogen-bond donors (Lipinski definition) is 0. The summed E-state index contributed by atoms with van der Waals surface area (Å²) in [5.41, 5.74) is 1.01. The van der Waals surface area contributed by atoms with Gasteiger partial charge in [0.05, 0.1) is 7.11 Å². The van der Waals surface area contributed by atoms with E-state index in [1.807, 2.05) is 24.3 Å². The van der Waals surface area contributed by atoms with Crippen LogP contribution in [0.25, 0.3) is 0 Å². The molecule has 0 bridgehead atoms. The molecule has 0 aliphatic heterocycles. The average molecular weight is 204 g/mol. The molecule has 0 amide bonds. The Morgan fingerprint density at radius 2 is 2.13 bits per heavy atom. The molecule has 0 N–H and O–H groups in total. The summed E-state index contributed by atoms with van der Waals surface area (Å²) >= 11 is 0. The highest BCUT2D eigenvalue weighted by atomic mass is 16.5. The molecule has 0 saturated heterocycles. The van der Waals surface area contributed by atoms with Crippen molar-refractivity contribution in [1.82, 2.24) is 0 Å². The highest BCUT2D eigenvalue weighted by Gasteiger charge is 2.25. The fourth-order valence-electron chi connectivity index (χ4n) is 1.91. The van der Waals surface area contributed by atoms with Crippen molar-refractivity contribution in [2.45, 2.75) is 25.7 Å². The van der Waals surface area contributed by atoms with Crippen molar-refractivity contribution >= 4 is 5.78 Å². The first-order valence-electron chi connectivity index (χ1n) is 5.46. The van der Waals surface area contributed by atoms with E-state index in [0.29, 0.717) is 18.1 Å². The smallest absolute Gasteiger partial charge is 0.140 e. The zero-order chi connectivity index (χ0) is 10.7. The number of Topliss-reactive ketones (excluding diaryl/α,β-unsaturated/α-hetero) is 1. The van der Waals surface area contributed by atoms with E-state index in [9.17, 15) is 4.79 Å². The van der Waals surface area contributed by atoms with E-state index in [1.54, 1.807) is 7.11 Å². The highest BCUT2D eigenvalue weighted by molar-refractivity contribution is 5.84. The Labute approximate surface area is 90.3 Å². The topological polar surface area (TPSA) is 26.3 Å². The largest absolute Gasteiger partial charge is 0.496 e. The fraction of sp³-hybridized carbons (Fsp3) is 0.462. The van der Waals surface area contributed by atoms with E-state index < -0.39 is 0 Å². The van der Waals surface area contributed by atoms with Gasteiger partial charge in [0.1, 0.15) is 11.5 Å². The van der Waals surface area contributed by atoms with E-state index in [0.717, 1.165) is 24.2 Å². The maximum absolute atomic E-state index is 11.8. The van der Waals surface area contributed by atoms with Crippen molar-refractivity contribution in [3.8, 4) is 5.75 Å². The van der Waals surface area contributed by atoms with Gasteiger partial charge in [-0.1, -0.05) is 24.6 Å². The second-order valence-electron chi connectivity index (χ2n) is 4.08. The summed E-state index contributed by atoms with van der Waals surface area (Å²) in [5.74, 6) is 1.51. The lowest BCUT2D eigenvalue weighted by Crippen LogP contribution is -2.23. The molecule has 1 aromatic rings. The number of carbonyl (C=O) groups excluding carboxylic acids is 1. The molecule has 0 atom stereocenters. The van der Waals surface area contributed by atoms with Gasteiger partial charge in [0.15, 0.2) is 0 Å². The number of rotatable bonds is 4. The Bertz CT molecular complexity index is 353. The first kappa shape index (κ1) is 10.2. The Kier molecular flexibility index (Phi) is 3.05. The lowest BCUT2D eigenvalue weighted by molar-refractivity contribution is -0.124. The molecular formula is C13H16O2. The van der Waals surface area contributed by atoms with Gasteiger partial charge in [-0.15, -0.1) is 0 Å². The monoisotopic (exact) mass is 204 g/mol. The summed E-state index contributed by atoms with van der Waals surface area (Å²) in [4.78, 5) is 11.8. The minimum absolute atomic E-state index is 0.315. The van der Waals surface area contributed by atoms with Gasteiger partial charge in [0.2, 0.25) is 0 Å². The number of ether oxygens (including phenoxy) is 1. The van der Waals surface area contributed by atoms with Crippen molar-refractivity contribution in [3.63, 3.8) is 0 Å². The minimum atomic E-state index is 0.315. The molecule has 0 radical (unpaired) electrons. The van der Waals surface area contributed by atoms with E-state index >= 15 is 0 Å². The van der Waals surface area contributed by atoms with E-state index in [4.69, 9.17) is 4.74 Å². The van der Waals surface area contributed by atoms with Gasteiger partial charge >= 0.3 is 0 Å². The molecule has 1 saturated carbocycles. The van der Waals surface area contributed by atoms with E-state index in [-0.39, 0.29) is 0 Å². The van der Waals surface area contributed by atoms with Crippen molar-refractivity contribution in [3.05, 3.63) is 29.8 Å². The van der Waals surface area contributed by atoms with Crippen LogP contribution >= 0.6 is 0 Å². The third kappa shape index (κ3) is 2.20. The van der Waals surface area contributed by atoms with Crippen LogP contribution in [0.5, 0.6) is 5.75 Å². The summed E-state index contributed by atoms with van der Waals surface area (Å²) < 4.78 is 5.23. The zero-order valence-electron chi connectivity index (χ0n) is 9.03. The van der Waals surface area contributed by atoms with Gasteiger partial charge in [-0.3, -0.25) is 4.79 Å². The van der Waals surface area contributed by atoms with Crippen LogP contribution in [-0.4, -0.2) is 12.9 Å². The SMILES string of the molecule is COc1ccccc1CC(=O)C1CCC1. The molecule has 2 rings (SSSR count). The highest BCUT2D eigenvalue weighted by Crippen LogP contribution is 2.29. The molecule has 1 aliphatic rings. The summed E-state index contributed by atoms with van der Waals surface area (Å²) in [7, 11) is 1.65. The number of hydrogen-bond acceptors (Lipinski definition) is 2. The van der Waals surface area contributed by atoms with Gasteiger partial charge in [-0.2, -0.15) is 0 Å². The van der Waals surface area contributed by atoms with Gasteiger partial charge < -0.3 is 4.74 Å². The predicted octanol–water partition coefficient (Wildman–Crippen LogP) is 2.61. The summed E-state index contributed by atoms with van der Waals surface area (Å²) in [5, 5.41) is 0. The number of benzene rings is 1. The molecule has 1 fully saturated rings. The number of carbonyl (C=O) groups is 1. The van der Waals surface area contributed by atoms with Crippen molar-refractivity contribution < 1.29 is 9.53 Å². The standard InChI is InChI=1S/C13H16O2/c1-15-13-8-3-2-5-11(13)9-12(14)10-6-4-7-10/h2-3,5,8,10H,4,6-7,9H2,1H3. The summed E-state index contributed by atoms with van der Waals surface area (Å²) in [6.45, 7) is 0. The second kappa shape index (κ2) is 4.47. The average Bonchev–Trinajstić information content (AvgIpc) is 2.15. The first-order chi connectivity index (χ1) is 7.31. The lowest BCUT2D eigenvalue weighted by atomic mass is 9.80. The van der Waals surface area contributed by atoms with Crippen molar-refractivity contribution in [2.24, 2.45) is 5.92 Å². The molecule has 15 heavy (non-hydrogen) atoms. The lowest BCUT2D eigenvalue weighted by Gasteiger charge is -2.24. The molecule has 0 unspecified atom stereocenters. The molecule has 1 aromatic carbocycles. The molecule has 0 heterocycles. The van der Waals surface area contributed by atoms with Gasteiger partial charge in [0, 0.05) is 17.9 Å². The van der Waals surface area contributed by atoms with E-state index in [1.165, 1.54) is 6.42 Å². The molecular weight excluding hydrogens is 188 g/mol. The molecule has 2 nitrogen and oxygen atoms in total. The maximum Gasteiger partial charge on any atom is 0.140 e. The third-order valence-electron chi connectivity index (χ3n) is 3.12. The second-order valence-corrected chi connectivity index (χ2v) is 4.08. The van der Waals surface area contributed by atoms with Crippen LogP contribution in [0.1, 0.15) is 24.8 Å². The first-order valence-corrected chi connectivity index (χ1v) is 5.46. The van der Waals surface area contributed by atoms with Gasteiger partial charge in [-0.25, -0.2) is 0 Å². The Morgan fingerprint density at radius 1 is 1.40 bits per heavy atom. The van der Waals surface area contributed by atoms with Crippen LogP contribution in [0.2, 0.25) is 0 Å². The summed E-state index contributed by atoms with van der Waals surface area (Å²) in [6, 6.07) is 7.75. The van der Waals surface area contributed by atoms with Crippen LogP contribution in [-0.2, 0) is 11.2 Å². The molecule has 0 aromatic heterocycles. The summed E-state index contributed by atoms with van der Waals surface area (Å²) in [6.07, 6.45) is 3.89. The normalized spacial score (nSPS) is 15.8. The van der Waals surface area contributed by atoms with Crippen LogP contribution in [0.4, 0.5) is 0 Å². The molecule has 80 valence electrons. The number of para-hydroxylation sites is 1. The molecule has 2 heteroatoms. The number of methoxy groups -OCH3 is 1. The number of ketones is 1.